The molecule has 11 heavy (non-hydrogen) atoms. The van der Waals surface area contributed by atoms with Crippen LogP contribution in [0.4, 0.5) is 0 Å². The summed E-state index contributed by atoms with van der Waals surface area (Å²) in [4.78, 5) is 0. The van der Waals surface area contributed by atoms with E-state index in [2.05, 4.69) is 13.8 Å². The maximum atomic E-state index is 5.45. The van der Waals surface area contributed by atoms with E-state index in [0.717, 1.165) is 18.8 Å². The largest absolute Gasteiger partial charge is 0.386 e. The summed E-state index contributed by atoms with van der Waals surface area (Å²) in [7, 11) is 1.18. The second-order valence-electron chi connectivity index (χ2n) is 3.08. The highest BCUT2D eigenvalue weighted by Gasteiger charge is 2.04. The summed E-state index contributed by atoms with van der Waals surface area (Å²) in [5.41, 5.74) is 0. The Morgan fingerprint density at radius 2 is 2.09 bits per heavy atom. The van der Waals surface area contributed by atoms with Crippen molar-refractivity contribution in [2.75, 3.05) is 12.8 Å². The van der Waals surface area contributed by atoms with Crippen molar-refractivity contribution in [2.24, 2.45) is 5.92 Å². The van der Waals surface area contributed by atoms with Crippen LogP contribution in [0.2, 0.25) is 0 Å². The lowest BCUT2D eigenvalue weighted by Gasteiger charge is -2.13. The van der Waals surface area contributed by atoms with Crippen LogP contribution in [-0.2, 0) is 4.74 Å². The molecule has 68 valence electrons. The molecule has 0 aromatic heterocycles. The average molecular weight is 174 g/mol. The third kappa shape index (κ3) is 6.57. The molecule has 0 N–H and O–H groups in total. The van der Waals surface area contributed by atoms with Crippen molar-refractivity contribution in [1.29, 1.82) is 0 Å². The summed E-state index contributed by atoms with van der Waals surface area (Å²) < 4.78 is 5.45. The molecule has 1 atom stereocenters. The summed E-state index contributed by atoms with van der Waals surface area (Å²) in [5.74, 6) is 0.823. The van der Waals surface area contributed by atoms with Crippen LogP contribution in [0.1, 0.15) is 39.5 Å². The van der Waals surface area contributed by atoms with Gasteiger partial charge in [-0.1, -0.05) is 33.1 Å². The Balaban J connectivity index is 3.25. The molecule has 0 amide bonds. The van der Waals surface area contributed by atoms with Gasteiger partial charge >= 0.3 is 0 Å². The summed E-state index contributed by atoms with van der Waals surface area (Å²) in [5, 5.41) is 0. The first-order chi connectivity index (χ1) is 5.35. The summed E-state index contributed by atoms with van der Waals surface area (Å²) in [6.45, 7) is 5.51. The molecule has 0 spiro atoms. The number of hydrogen-bond donors (Lipinski definition) is 0. The molecule has 0 saturated carbocycles. The Labute approximate surface area is 73.9 Å². The summed E-state index contributed by atoms with van der Waals surface area (Å²) in [6, 6.07) is 0. The third-order valence-corrected chi connectivity index (χ3v) is 2.51. The van der Waals surface area contributed by atoms with E-state index in [1.165, 1.54) is 35.9 Å². The smallest absolute Gasteiger partial charge is 0.0489 e. The van der Waals surface area contributed by atoms with E-state index >= 15 is 0 Å². The molecule has 2 heteroatoms. The van der Waals surface area contributed by atoms with Crippen molar-refractivity contribution in [3.8, 4) is 0 Å². The van der Waals surface area contributed by atoms with Gasteiger partial charge in [0.25, 0.3) is 0 Å². The van der Waals surface area contributed by atoms with Crippen LogP contribution in [-0.4, -0.2) is 23.1 Å². The SMILES string of the molecule is CCCCC(CC)COC[SiH3]. The van der Waals surface area contributed by atoms with E-state index in [9.17, 15) is 0 Å². The molecule has 0 aromatic rings. The highest BCUT2D eigenvalue weighted by molar-refractivity contribution is 6.08. The van der Waals surface area contributed by atoms with Crippen LogP contribution in [0.5, 0.6) is 0 Å². The Kier molecular flexibility index (Phi) is 8.41. The molecule has 1 nitrogen and oxygen atoms in total. The zero-order valence-electron chi connectivity index (χ0n) is 8.23. The van der Waals surface area contributed by atoms with Crippen LogP contribution in [0.3, 0.4) is 0 Å². The predicted molar refractivity (Wildman–Crippen MR) is 54.1 cm³/mol. The monoisotopic (exact) mass is 174 g/mol. The van der Waals surface area contributed by atoms with E-state index in [0.29, 0.717) is 0 Å². The van der Waals surface area contributed by atoms with Crippen molar-refractivity contribution in [3.05, 3.63) is 0 Å². The molecule has 0 fully saturated rings. The Morgan fingerprint density at radius 1 is 1.36 bits per heavy atom. The van der Waals surface area contributed by atoms with Gasteiger partial charge in [-0.05, 0) is 12.3 Å². The van der Waals surface area contributed by atoms with Crippen LogP contribution in [0.25, 0.3) is 0 Å². The highest BCUT2D eigenvalue weighted by atomic mass is 28.1. The molecule has 0 radical (unpaired) electrons. The Hall–Kier alpha value is 0.177. The van der Waals surface area contributed by atoms with E-state index in [4.69, 9.17) is 4.74 Å². The van der Waals surface area contributed by atoms with E-state index in [1.807, 2.05) is 0 Å². The van der Waals surface area contributed by atoms with Gasteiger partial charge in [-0.3, -0.25) is 0 Å². The molecule has 0 aliphatic carbocycles. The normalized spacial score (nSPS) is 13.6. The maximum absolute atomic E-state index is 5.45. The predicted octanol–water partition coefficient (Wildman–Crippen LogP) is 1.54. The molecular weight excluding hydrogens is 152 g/mol. The number of hydrogen-bond acceptors (Lipinski definition) is 1. The lowest BCUT2D eigenvalue weighted by atomic mass is 10.0. The fraction of sp³-hybridized carbons (Fsp3) is 1.00. The van der Waals surface area contributed by atoms with Crippen LogP contribution < -0.4 is 0 Å². The van der Waals surface area contributed by atoms with E-state index in [1.54, 1.807) is 0 Å². The van der Waals surface area contributed by atoms with Gasteiger partial charge in [-0.25, -0.2) is 0 Å². The van der Waals surface area contributed by atoms with Crippen LogP contribution in [0, 0.1) is 5.92 Å². The molecular formula is C9H22OSi. The molecule has 0 aromatic carbocycles. The zero-order chi connectivity index (χ0) is 8.53. The summed E-state index contributed by atoms with van der Waals surface area (Å²) >= 11 is 0. The van der Waals surface area contributed by atoms with Gasteiger partial charge in [0.1, 0.15) is 0 Å². The molecule has 0 rings (SSSR count). The molecule has 0 aliphatic heterocycles. The van der Waals surface area contributed by atoms with Crippen molar-refractivity contribution >= 4 is 10.2 Å². The van der Waals surface area contributed by atoms with Gasteiger partial charge in [-0.2, -0.15) is 0 Å². The Morgan fingerprint density at radius 3 is 2.55 bits per heavy atom. The molecule has 0 heterocycles. The number of rotatable bonds is 7. The lowest BCUT2D eigenvalue weighted by Crippen LogP contribution is -2.09. The first-order valence-electron chi connectivity index (χ1n) is 4.92. The second kappa shape index (κ2) is 8.28. The van der Waals surface area contributed by atoms with E-state index in [-0.39, 0.29) is 0 Å². The number of unbranched alkanes of at least 4 members (excludes halogenated alkanes) is 1. The molecule has 0 saturated heterocycles. The average Bonchev–Trinajstić information content (AvgIpc) is 2.05. The van der Waals surface area contributed by atoms with Crippen LogP contribution >= 0.6 is 0 Å². The maximum Gasteiger partial charge on any atom is 0.0489 e. The molecule has 0 aliphatic rings. The van der Waals surface area contributed by atoms with Crippen molar-refractivity contribution in [3.63, 3.8) is 0 Å². The van der Waals surface area contributed by atoms with Gasteiger partial charge in [0.2, 0.25) is 0 Å². The fourth-order valence-corrected chi connectivity index (χ4v) is 1.42. The molecule has 0 bridgehead atoms. The van der Waals surface area contributed by atoms with Gasteiger partial charge in [0, 0.05) is 23.1 Å². The first-order valence-corrected chi connectivity index (χ1v) is 6.34. The van der Waals surface area contributed by atoms with Crippen LogP contribution in [0.15, 0.2) is 0 Å². The minimum Gasteiger partial charge on any atom is -0.386 e. The van der Waals surface area contributed by atoms with Gasteiger partial charge < -0.3 is 4.74 Å². The van der Waals surface area contributed by atoms with Crippen molar-refractivity contribution < 1.29 is 4.74 Å². The quantitative estimate of drug-likeness (QED) is 0.532. The van der Waals surface area contributed by atoms with Crippen molar-refractivity contribution in [1.82, 2.24) is 0 Å². The third-order valence-electron chi connectivity index (χ3n) is 2.10. The lowest BCUT2D eigenvalue weighted by molar-refractivity contribution is 0.129. The highest BCUT2D eigenvalue weighted by Crippen LogP contribution is 2.12. The minimum atomic E-state index is 0.823. The second-order valence-corrected chi connectivity index (χ2v) is 3.65. The van der Waals surface area contributed by atoms with Gasteiger partial charge in [-0.15, -0.1) is 0 Å². The van der Waals surface area contributed by atoms with Crippen molar-refractivity contribution in [2.45, 2.75) is 39.5 Å². The standard InChI is InChI=1S/C9H22OSi/c1-3-5-6-9(4-2)7-10-8-11/h9H,3-8H2,1-2,11H3. The minimum absolute atomic E-state index is 0.823. The molecule has 1 unspecified atom stereocenters. The zero-order valence-corrected chi connectivity index (χ0v) is 10.2. The van der Waals surface area contributed by atoms with Gasteiger partial charge in [0.15, 0.2) is 0 Å². The first kappa shape index (κ1) is 11.2. The fourth-order valence-electron chi connectivity index (χ4n) is 1.18. The van der Waals surface area contributed by atoms with E-state index < -0.39 is 0 Å². The van der Waals surface area contributed by atoms with Gasteiger partial charge in [0.05, 0.1) is 0 Å². The topological polar surface area (TPSA) is 9.23 Å². The summed E-state index contributed by atoms with van der Waals surface area (Å²) in [6.07, 6.45) is 6.32. The Bertz CT molecular complexity index is 68.0. The number of ether oxygens (including phenoxy) is 1.